The second-order valence-electron chi connectivity index (χ2n) is 8.81. The van der Waals surface area contributed by atoms with Crippen LogP contribution in [-0.4, -0.2) is 70.4 Å². The summed E-state index contributed by atoms with van der Waals surface area (Å²) in [5.41, 5.74) is 2.86. The fourth-order valence-corrected chi connectivity index (χ4v) is 5.09. The molecule has 2 aromatic heterocycles. The highest BCUT2D eigenvalue weighted by atomic mass is 32.1. The smallest absolute Gasteiger partial charge is 0.335 e. The van der Waals surface area contributed by atoms with Gasteiger partial charge >= 0.3 is 5.97 Å². The van der Waals surface area contributed by atoms with Crippen LogP contribution in [-0.2, 0) is 4.74 Å². The molecule has 2 fully saturated rings. The third-order valence-electron chi connectivity index (χ3n) is 6.62. The van der Waals surface area contributed by atoms with Crippen LogP contribution in [0.25, 0.3) is 11.3 Å². The summed E-state index contributed by atoms with van der Waals surface area (Å²) in [6, 6.07) is 14.5. The van der Waals surface area contributed by atoms with E-state index in [9.17, 15) is 9.90 Å². The number of rotatable bonds is 7. The first kappa shape index (κ1) is 23.5. The van der Waals surface area contributed by atoms with E-state index < -0.39 is 5.97 Å². The van der Waals surface area contributed by atoms with Crippen LogP contribution in [0.2, 0.25) is 0 Å². The summed E-state index contributed by atoms with van der Waals surface area (Å²) in [4.78, 5) is 20.5. The molecule has 0 aliphatic carbocycles. The number of thiocarbonyl (C=S) groups is 1. The summed E-state index contributed by atoms with van der Waals surface area (Å²) in [6.07, 6.45) is 1.79. The number of hydrogen-bond acceptors (Lipinski definition) is 6. The highest BCUT2D eigenvalue weighted by Crippen LogP contribution is 2.40. The van der Waals surface area contributed by atoms with E-state index in [0.717, 1.165) is 62.0 Å². The van der Waals surface area contributed by atoms with Crippen molar-refractivity contribution in [2.45, 2.75) is 19.0 Å². The van der Waals surface area contributed by atoms with Gasteiger partial charge in [-0.25, -0.2) is 4.79 Å². The van der Waals surface area contributed by atoms with Crippen molar-refractivity contribution in [2.75, 3.05) is 39.4 Å². The molecule has 0 saturated carbocycles. The number of hydrogen-bond donors (Lipinski definition) is 2. The van der Waals surface area contributed by atoms with Crippen LogP contribution in [0.15, 0.2) is 59.1 Å². The van der Waals surface area contributed by atoms with Crippen molar-refractivity contribution >= 4 is 23.3 Å². The van der Waals surface area contributed by atoms with Gasteiger partial charge < -0.3 is 24.5 Å². The predicted octanol–water partition coefficient (Wildman–Crippen LogP) is 3.65. The Bertz CT molecular complexity index is 1210. The number of aryl methyl sites for hydroxylation is 1. The number of aromatic carboxylic acids is 1. The Morgan fingerprint density at radius 1 is 1.17 bits per heavy atom. The lowest BCUT2D eigenvalue weighted by Gasteiger charge is -2.31. The van der Waals surface area contributed by atoms with Crippen LogP contribution < -0.4 is 5.32 Å². The highest BCUT2D eigenvalue weighted by molar-refractivity contribution is 7.80. The van der Waals surface area contributed by atoms with Crippen molar-refractivity contribution in [3.05, 3.63) is 77.3 Å². The molecule has 4 heterocycles. The highest BCUT2D eigenvalue weighted by Gasteiger charge is 2.41. The summed E-state index contributed by atoms with van der Waals surface area (Å²) in [5.74, 6) is 0.534. The minimum Gasteiger partial charge on any atom is -0.478 e. The van der Waals surface area contributed by atoms with E-state index in [-0.39, 0.29) is 17.6 Å². The van der Waals surface area contributed by atoms with E-state index in [0.29, 0.717) is 10.9 Å². The first-order chi connectivity index (χ1) is 17.0. The van der Waals surface area contributed by atoms with Crippen molar-refractivity contribution in [1.82, 2.24) is 20.1 Å². The molecule has 2 saturated heterocycles. The van der Waals surface area contributed by atoms with Gasteiger partial charge in [0.05, 0.1) is 30.5 Å². The minimum absolute atomic E-state index is 0.150. The van der Waals surface area contributed by atoms with Crippen molar-refractivity contribution in [3.8, 4) is 11.3 Å². The third kappa shape index (κ3) is 4.93. The number of morpholine rings is 1. The molecule has 8 nitrogen and oxygen atoms in total. The molecule has 2 aliphatic rings. The molecular formula is C26H28N4O4S. The van der Waals surface area contributed by atoms with Gasteiger partial charge in [0, 0.05) is 37.9 Å². The van der Waals surface area contributed by atoms with Crippen LogP contribution >= 0.6 is 12.2 Å². The largest absolute Gasteiger partial charge is 0.478 e. The minimum atomic E-state index is -0.945. The summed E-state index contributed by atoms with van der Waals surface area (Å²) in [7, 11) is 0. The Balaban J connectivity index is 1.45. The second kappa shape index (κ2) is 10.2. The summed E-state index contributed by atoms with van der Waals surface area (Å²) < 4.78 is 11.9. The standard InChI is InChI=1S/C26H28N4O4S/c1-17-16-18(25(31)32)5-6-19(17)21-7-8-22(34-21)24-23(20-4-2-3-9-27-20)28-26(35)30(24)11-10-29-12-14-33-15-13-29/h2-9,16,23-24H,10-15H2,1H3,(H,28,35)(H,31,32)/t23-,24-/m1/s1. The summed E-state index contributed by atoms with van der Waals surface area (Å²) >= 11 is 5.77. The van der Waals surface area contributed by atoms with E-state index in [1.165, 1.54) is 0 Å². The number of nitrogens with one attached hydrogen (secondary N) is 1. The van der Waals surface area contributed by atoms with Gasteiger partial charge in [-0.05, 0) is 61.1 Å². The molecule has 2 aliphatic heterocycles. The zero-order valence-corrected chi connectivity index (χ0v) is 20.3. The number of nitrogens with zero attached hydrogens (tertiary/aromatic N) is 3. The van der Waals surface area contributed by atoms with Gasteiger partial charge in [-0.15, -0.1) is 0 Å². The van der Waals surface area contributed by atoms with Gasteiger partial charge in [-0.2, -0.15) is 0 Å². The Morgan fingerprint density at radius 3 is 2.71 bits per heavy atom. The van der Waals surface area contributed by atoms with Crippen LogP contribution in [0.3, 0.4) is 0 Å². The number of pyridine rings is 1. The number of carboxylic acid groups (broad SMARTS) is 1. The zero-order valence-electron chi connectivity index (χ0n) is 19.5. The molecule has 0 amide bonds. The average Bonchev–Trinajstić information content (AvgIpc) is 3.48. The molecule has 0 bridgehead atoms. The number of ether oxygens (including phenoxy) is 1. The molecule has 182 valence electrons. The Morgan fingerprint density at radius 2 is 2.00 bits per heavy atom. The topological polar surface area (TPSA) is 91.1 Å². The lowest BCUT2D eigenvalue weighted by molar-refractivity contribution is 0.0347. The van der Waals surface area contributed by atoms with Gasteiger partial charge in [0.1, 0.15) is 17.6 Å². The number of benzene rings is 1. The molecule has 9 heteroatoms. The second-order valence-corrected chi connectivity index (χ2v) is 9.20. The molecule has 2 N–H and O–H groups in total. The van der Waals surface area contributed by atoms with E-state index in [2.05, 4.69) is 20.1 Å². The number of carbonyl (C=O) groups is 1. The van der Waals surface area contributed by atoms with E-state index in [1.807, 2.05) is 37.3 Å². The van der Waals surface area contributed by atoms with Gasteiger partial charge in [-0.1, -0.05) is 12.1 Å². The van der Waals surface area contributed by atoms with Crippen LogP contribution in [0.1, 0.15) is 39.5 Å². The maximum Gasteiger partial charge on any atom is 0.335 e. The molecule has 0 unspecified atom stereocenters. The number of furan rings is 1. The fraction of sp³-hybridized carbons (Fsp3) is 0.346. The van der Waals surface area contributed by atoms with Gasteiger partial charge in [-0.3, -0.25) is 9.88 Å². The van der Waals surface area contributed by atoms with E-state index >= 15 is 0 Å². The van der Waals surface area contributed by atoms with Crippen molar-refractivity contribution in [3.63, 3.8) is 0 Å². The maximum atomic E-state index is 11.3. The van der Waals surface area contributed by atoms with Gasteiger partial charge in [0.15, 0.2) is 5.11 Å². The molecule has 35 heavy (non-hydrogen) atoms. The summed E-state index contributed by atoms with van der Waals surface area (Å²) in [6.45, 7) is 6.86. The maximum absolute atomic E-state index is 11.3. The third-order valence-corrected chi connectivity index (χ3v) is 6.97. The molecule has 0 radical (unpaired) electrons. The molecule has 5 rings (SSSR count). The number of carboxylic acids is 1. The Hall–Kier alpha value is -3.27. The molecule has 2 atom stereocenters. The Labute approximate surface area is 209 Å². The Kier molecular flexibility index (Phi) is 6.81. The predicted molar refractivity (Wildman–Crippen MR) is 135 cm³/mol. The van der Waals surface area contributed by atoms with Crippen molar-refractivity contribution < 1.29 is 19.1 Å². The monoisotopic (exact) mass is 492 g/mol. The lowest BCUT2D eigenvalue weighted by Crippen LogP contribution is -2.42. The molecular weight excluding hydrogens is 464 g/mol. The van der Waals surface area contributed by atoms with Crippen LogP contribution in [0, 0.1) is 6.92 Å². The zero-order chi connectivity index (χ0) is 24.4. The quantitative estimate of drug-likeness (QED) is 0.480. The van der Waals surface area contributed by atoms with E-state index in [1.54, 1.807) is 24.4 Å². The van der Waals surface area contributed by atoms with Crippen LogP contribution in [0.5, 0.6) is 0 Å². The fourth-order valence-electron chi connectivity index (χ4n) is 4.76. The summed E-state index contributed by atoms with van der Waals surface area (Å²) in [5, 5.41) is 13.4. The van der Waals surface area contributed by atoms with Crippen LogP contribution in [0.4, 0.5) is 0 Å². The number of aromatic nitrogens is 1. The molecule has 3 aromatic rings. The van der Waals surface area contributed by atoms with Crippen molar-refractivity contribution in [1.29, 1.82) is 0 Å². The average molecular weight is 493 g/mol. The van der Waals surface area contributed by atoms with E-state index in [4.69, 9.17) is 21.4 Å². The molecule has 0 spiro atoms. The molecule has 1 aromatic carbocycles. The first-order valence-electron chi connectivity index (χ1n) is 11.7. The van der Waals surface area contributed by atoms with Crippen molar-refractivity contribution in [2.24, 2.45) is 0 Å². The lowest BCUT2D eigenvalue weighted by atomic mass is 10.0. The normalized spacial score (nSPS) is 20.7. The first-order valence-corrected chi connectivity index (χ1v) is 12.1. The SMILES string of the molecule is Cc1cc(C(=O)O)ccc1-c1ccc([C@@H]2[C@@H](c3ccccn3)NC(=S)N2CCN2CCOCC2)o1. The van der Waals surface area contributed by atoms with Gasteiger partial charge in [0.25, 0.3) is 0 Å². The van der Waals surface area contributed by atoms with Gasteiger partial charge in [0.2, 0.25) is 0 Å².